The zero-order chi connectivity index (χ0) is 22.0. The van der Waals surface area contributed by atoms with Gasteiger partial charge >= 0.3 is 5.97 Å². The van der Waals surface area contributed by atoms with Gasteiger partial charge in [0, 0.05) is 17.4 Å². The number of thioether (sulfide) groups is 1. The number of aromatic nitrogens is 2. The van der Waals surface area contributed by atoms with Gasteiger partial charge < -0.3 is 9.47 Å². The lowest BCUT2D eigenvalue weighted by Gasteiger charge is -2.16. The number of hydrogen-bond acceptors (Lipinski definition) is 7. The van der Waals surface area contributed by atoms with Gasteiger partial charge in [0.1, 0.15) is 9.71 Å². The van der Waals surface area contributed by atoms with E-state index in [0.717, 1.165) is 18.4 Å². The third-order valence-electron chi connectivity index (χ3n) is 5.20. The average Bonchev–Trinajstić information content (AvgIpc) is 3.38. The summed E-state index contributed by atoms with van der Waals surface area (Å²) in [6.45, 7) is 4.97. The summed E-state index contributed by atoms with van der Waals surface area (Å²) >= 11 is 8.98. The molecule has 0 amide bonds. The number of thiophene rings is 1. The molecule has 6 nitrogen and oxygen atoms in total. The Morgan fingerprint density at radius 3 is 2.94 bits per heavy atom. The molecule has 0 radical (unpaired) electrons. The number of benzene rings is 1. The minimum absolute atomic E-state index is 0.0138. The quantitative estimate of drug-likeness (QED) is 0.268. The Balaban J connectivity index is 1.77. The van der Waals surface area contributed by atoms with Gasteiger partial charge in [0.05, 0.1) is 24.6 Å². The molecule has 31 heavy (non-hydrogen) atoms. The molecule has 1 aliphatic heterocycles. The van der Waals surface area contributed by atoms with Crippen molar-refractivity contribution in [1.82, 2.24) is 9.55 Å². The fourth-order valence-electron chi connectivity index (χ4n) is 3.61. The zero-order valence-corrected chi connectivity index (χ0v) is 19.7. The second-order valence-corrected chi connectivity index (χ2v) is 9.63. The number of nitrogens with zero attached hydrogens (tertiary/aromatic N) is 2. The number of fused-ring (bicyclic) bond motifs is 1. The van der Waals surface area contributed by atoms with Crippen molar-refractivity contribution in [3.05, 3.63) is 55.6 Å². The molecule has 0 spiro atoms. The Hall–Kier alpha value is -1.87. The van der Waals surface area contributed by atoms with E-state index in [-0.39, 0.29) is 18.3 Å². The Morgan fingerprint density at radius 1 is 1.42 bits per heavy atom. The first-order chi connectivity index (χ1) is 15.0. The zero-order valence-electron chi connectivity index (χ0n) is 17.4. The van der Waals surface area contributed by atoms with E-state index >= 15 is 0 Å². The SMILES string of the molecule is CCOC(=O)c1sc2nc(SCc3ccccc3Cl)n(C[C@H]3CCCO3)c(=O)c2c1C. The number of rotatable bonds is 7. The molecule has 1 saturated heterocycles. The predicted octanol–water partition coefficient (Wildman–Crippen LogP) is 5.07. The molecule has 1 aliphatic rings. The summed E-state index contributed by atoms with van der Waals surface area (Å²) in [7, 11) is 0. The minimum Gasteiger partial charge on any atom is -0.462 e. The van der Waals surface area contributed by atoms with Crippen LogP contribution in [0.15, 0.2) is 34.2 Å². The molecule has 9 heteroatoms. The van der Waals surface area contributed by atoms with Crippen molar-refractivity contribution in [1.29, 1.82) is 0 Å². The van der Waals surface area contributed by atoms with Gasteiger partial charge in [-0.25, -0.2) is 9.78 Å². The van der Waals surface area contributed by atoms with Crippen LogP contribution in [0.4, 0.5) is 0 Å². The van der Waals surface area contributed by atoms with Crippen molar-refractivity contribution >= 4 is 50.9 Å². The summed E-state index contributed by atoms with van der Waals surface area (Å²) in [6, 6.07) is 7.64. The van der Waals surface area contributed by atoms with Crippen LogP contribution in [0.1, 0.15) is 40.6 Å². The van der Waals surface area contributed by atoms with Crippen LogP contribution in [0.5, 0.6) is 0 Å². The molecule has 164 valence electrons. The molecular weight excluding hydrogens is 456 g/mol. The van der Waals surface area contributed by atoms with Gasteiger partial charge in [-0.3, -0.25) is 9.36 Å². The molecular formula is C22H23ClN2O4S2. The van der Waals surface area contributed by atoms with E-state index in [1.807, 2.05) is 24.3 Å². The van der Waals surface area contributed by atoms with Crippen LogP contribution < -0.4 is 5.56 Å². The lowest BCUT2D eigenvalue weighted by Crippen LogP contribution is -2.28. The number of hydrogen-bond donors (Lipinski definition) is 0. The van der Waals surface area contributed by atoms with E-state index in [1.54, 1.807) is 18.4 Å². The van der Waals surface area contributed by atoms with E-state index in [1.165, 1.54) is 23.1 Å². The lowest BCUT2D eigenvalue weighted by atomic mass is 10.2. The van der Waals surface area contributed by atoms with E-state index in [4.69, 9.17) is 26.1 Å². The number of carbonyl (C=O) groups is 1. The Morgan fingerprint density at radius 2 is 2.23 bits per heavy atom. The van der Waals surface area contributed by atoms with Crippen LogP contribution in [0.25, 0.3) is 10.2 Å². The molecule has 0 saturated carbocycles. The summed E-state index contributed by atoms with van der Waals surface area (Å²) < 4.78 is 12.6. The summed E-state index contributed by atoms with van der Waals surface area (Å²) in [5, 5.41) is 1.76. The second kappa shape index (κ2) is 9.73. The molecule has 4 rings (SSSR count). The topological polar surface area (TPSA) is 70.4 Å². The van der Waals surface area contributed by atoms with Crippen LogP contribution >= 0.6 is 34.7 Å². The normalized spacial score (nSPS) is 16.2. The van der Waals surface area contributed by atoms with Crippen LogP contribution in [0, 0.1) is 6.92 Å². The molecule has 1 fully saturated rings. The first kappa shape index (κ1) is 22.3. The number of aryl methyl sites for hydroxylation is 1. The van der Waals surface area contributed by atoms with E-state index in [9.17, 15) is 9.59 Å². The molecule has 1 atom stereocenters. The Bertz CT molecular complexity index is 1170. The highest BCUT2D eigenvalue weighted by Gasteiger charge is 2.25. The molecule has 3 heterocycles. The highest BCUT2D eigenvalue weighted by atomic mass is 35.5. The third kappa shape index (κ3) is 4.67. The van der Waals surface area contributed by atoms with Crippen molar-refractivity contribution in [2.24, 2.45) is 0 Å². The van der Waals surface area contributed by atoms with Gasteiger partial charge in [-0.15, -0.1) is 11.3 Å². The molecule has 0 N–H and O–H groups in total. The smallest absolute Gasteiger partial charge is 0.348 e. The molecule has 0 aliphatic carbocycles. The molecule has 2 aromatic heterocycles. The van der Waals surface area contributed by atoms with Crippen molar-refractivity contribution < 1.29 is 14.3 Å². The number of esters is 1. The van der Waals surface area contributed by atoms with Gasteiger partial charge in [-0.05, 0) is 43.9 Å². The van der Waals surface area contributed by atoms with Crippen molar-refractivity contribution in [2.75, 3.05) is 13.2 Å². The highest BCUT2D eigenvalue weighted by molar-refractivity contribution is 7.98. The van der Waals surface area contributed by atoms with Gasteiger partial charge in [-0.1, -0.05) is 41.6 Å². The van der Waals surface area contributed by atoms with Crippen LogP contribution in [-0.2, 0) is 21.8 Å². The fourth-order valence-corrected chi connectivity index (χ4v) is 6.02. The summed E-state index contributed by atoms with van der Waals surface area (Å²) in [5.41, 5.74) is 1.45. The molecule has 0 bridgehead atoms. The fraction of sp³-hybridized carbons (Fsp3) is 0.409. The lowest BCUT2D eigenvalue weighted by molar-refractivity contribution is 0.0531. The predicted molar refractivity (Wildman–Crippen MR) is 125 cm³/mol. The minimum atomic E-state index is -0.418. The van der Waals surface area contributed by atoms with Crippen LogP contribution in [0.3, 0.4) is 0 Å². The monoisotopic (exact) mass is 478 g/mol. The standard InChI is InChI=1S/C22H23ClN2O4S2/c1-3-28-21(27)18-13(2)17-19(31-18)24-22(30-12-14-7-4-5-9-16(14)23)25(20(17)26)11-15-8-6-10-29-15/h4-5,7,9,15H,3,6,8,10-12H2,1-2H3/t15-/m1/s1. The van der Waals surface area contributed by atoms with Crippen LogP contribution in [-0.4, -0.2) is 34.8 Å². The Labute approximate surface area is 193 Å². The summed E-state index contributed by atoms with van der Waals surface area (Å²) in [4.78, 5) is 31.6. The molecule has 3 aromatic rings. The van der Waals surface area contributed by atoms with E-state index in [0.29, 0.717) is 49.7 Å². The van der Waals surface area contributed by atoms with Crippen molar-refractivity contribution in [2.45, 2.75) is 50.2 Å². The second-order valence-electron chi connectivity index (χ2n) is 7.28. The Kier molecular flexibility index (Phi) is 7.01. The first-order valence-corrected chi connectivity index (χ1v) is 12.4. The largest absolute Gasteiger partial charge is 0.462 e. The summed E-state index contributed by atoms with van der Waals surface area (Å²) in [6.07, 6.45) is 1.89. The number of halogens is 1. The van der Waals surface area contributed by atoms with E-state index in [2.05, 4.69) is 0 Å². The molecule has 1 aromatic carbocycles. The van der Waals surface area contributed by atoms with Gasteiger partial charge in [0.25, 0.3) is 5.56 Å². The van der Waals surface area contributed by atoms with Gasteiger partial charge in [-0.2, -0.15) is 0 Å². The number of ether oxygens (including phenoxy) is 2. The van der Waals surface area contributed by atoms with Gasteiger partial charge in [0.2, 0.25) is 0 Å². The summed E-state index contributed by atoms with van der Waals surface area (Å²) in [5.74, 6) is 0.163. The van der Waals surface area contributed by atoms with E-state index < -0.39 is 5.97 Å². The highest BCUT2D eigenvalue weighted by Crippen LogP contribution is 2.32. The molecule has 0 unspecified atom stereocenters. The average molecular weight is 479 g/mol. The maximum atomic E-state index is 13.5. The maximum absolute atomic E-state index is 13.5. The van der Waals surface area contributed by atoms with Crippen molar-refractivity contribution in [3.8, 4) is 0 Å². The van der Waals surface area contributed by atoms with Crippen LogP contribution in [0.2, 0.25) is 5.02 Å². The third-order valence-corrected chi connectivity index (χ3v) is 7.76. The maximum Gasteiger partial charge on any atom is 0.348 e. The first-order valence-electron chi connectivity index (χ1n) is 10.2. The number of carbonyl (C=O) groups excluding carboxylic acids is 1. The van der Waals surface area contributed by atoms with Crippen molar-refractivity contribution in [3.63, 3.8) is 0 Å². The van der Waals surface area contributed by atoms with Gasteiger partial charge in [0.15, 0.2) is 5.16 Å².